The summed E-state index contributed by atoms with van der Waals surface area (Å²) in [5.41, 5.74) is -0.484. The largest absolute Gasteiger partial charge is 0.493 e. The molecule has 13 heteroatoms. The summed E-state index contributed by atoms with van der Waals surface area (Å²) in [4.78, 5) is 12.7. The molecule has 35 heavy (non-hydrogen) atoms. The SMILES string of the molecule is COc1ccc([C@H]2C[C@@H](C(F)(F)F)n3nc(C(=O)Nc4ccc(F)cc4F)c(Cl)c3N2)cc1OC. The molecule has 2 aromatic carbocycles. The number of carbonyl (C=O) groups is 1. The van der Waals surface area contributed by atoms with E-state index in [1.54, 1.807) is 12.1 Å². The number of carbonyl (C=O) groups excluding carboxylic acids is 1. The van der Waals surface area contributed by atoms with Crippen LogP contribution in [0.25, 0.3) is 0 Å². The number of alkyl halides is 3. The first-order valence-corrected chi connectivity index (χ1v) is 10.5. The maximum atomic E-state index is 14.0. The van der Waals surface area contributed by atoms with Gasteiger partial charge in [-0.25, -0.2) is 13.5 Å². The van der Waals surface area contributed by atoms with Gasteiger partial charge in [0.2, 0.25) is 0 Å². The summed E-state index contributed by atoms with van der Waals surface area (Å²) >= 11 is 6.27. The molecular weight excluding hydrogens is 499 g/mol. The van der Waals surface area contributed by atoms with E-state index in [1.807, 2.05) is 0 Å². The number of hydrogen-bond acceptors (Lipinski definition) is 5. The van der Waals surface area contributed by atoms with Gasteiger partial charge in [-0.2, -0.15) is 18.3 Å². The zero-order valence-electron chi connectivity index (χ0n) is 18.2. The summed E-state index contributed by atoms with van der Waals surface area (Å²) in [6, 6.07) is 4.12. The standard InChI is InChI=1S/C22H18ClF5N4O3/c1-34-15-6-3-10(7-16(15)35-2)14-9-17(22(26,27)28)32-20(29-14)18(23)19(31-32)21(33)30-13-5-4-11(24)8-12(13)25/h3-8,14,17,29H,9H2,1-2H3,(H,30,33)/t14-,17+/m1/s1. The van der Waals surface area contributed by atoms with Gasteiger partial charge < -0.3 is 20.1 Å². The van der Waals surface area contributed by atoms with Gasteiger partial charge in [0.05, 0.1) is 25.9 Å². The maximum Gasteiger partial charge on any atom is 0.410 e. The molecule has 2 heterocycles. The lowest BCUT2D eigenvalue weighted by molar-refractivity contribution is -0.173. The van der Waals surface area contributed by atoms with Crippen molar-refractivity contribution >= 4 is 29.0 Å². The summed E-state index contributed by atoms with van der Waals surface area (Å²) in [6.45, 7) is 0. The third kappa shape index (κ3) is 4.70. The van der Waals surface area contributed by atoms with Gasteiger partial charge >= 0.3 is 6.18 Å². The Bertz CT molecular complexity index is 1280. The van der Waals surface area contributed by atoms with Gasteiger partial charge in [0.15, 0.2) is 23.2 Å². The van der Waals surface area contributed by atoms with Crippen molar-refractivity contribution < 1.29 is 36.2 Å². The van der Waals surface area contributed by atoms with Gasteiger partial charge in [0.25, 0.3) is 5.91 Å². The van der Waals surface area contributed by atoms with Crippen LogP contribution in [0.1, 0.15) is 34.6 Å². The van der Waals surface area contributed by atoms with Crippen molar-refractivity contribution in [2.75, 3.05) is 24.9 Å². The van der Waals surface area contributed by atoms with Crippen molar-refractivity contribution in [3.63, 3.8) is 0 Å². The van der Waals surface area contributed by atoms with Gasteiger partial charge in [0.1, 0.15) is 22.5 Å². The second-order valence-corrected chi connectivity index (χ2v) is 8.02. The molecule has 1 aromatic heterocycles. The normalized spacial score (nSPS) is 17.4. The van der Waals surface area contributed by atoms with E-state index in [0.717, 1.165) is 12.1 Å². The molecule has 3 aromatic rings. The minimum absolute atomic E-state index is 0.232. The number of halogens is 6. The highest BCUT2D eigenvalue weighted by Crippen LogP contribution is 2.47. The molecule has 0 aliphatic carbocycles. The molecule has 0 saturated carbocycles. The molecule has 4 rings (SSSR count). The summed E-state index contributed by atoms with van der Waals surface area (Å²) in [5, 5.41) is 8.44. The van der Waals surface area contributed by atoms with E-state index in [2.05, 4.69) is 15.7 Å². The molecule has 0 spiro atoms. The van der Waals surface area contributed by atoms with Crippen molar-refractivity contribution in [2.24, 2.45) is 0 Å². The minimum Gasteiger partial charge on any atom is -0.493 e. The van der Waals surface area contributed by atoms with Gasteiger partial charge in [0, 0.05) is 12.5 Å². The van der Waals surface area contributed by atoms with Crippen LogP contribution in [0.4, 0.5) is 33.5 Å². The Kier molecular flexibility index (Phi) is 6.50. The van der Waals surface area contributed by atoms with Crippen LogP contribution in [0.15, 0.2) is 36.4 Å². The average Bonchev–Trinajstić information content (AvgIpc) is 3.15. The molecule has 186 valence electrons. The van der Waals surface area contributed by atoms with Gasteiger partial charge in [-0.1, -0.05) is 17.7 Å². The first-order chi connectivity index (χ1) is 16.5. The molecule has 0 bridgehead atoms. The lowest BCUT2D eigenvalue weighted by atomic mass is 9.96. The van der Waals surface area contributed by atoms with Crippen molar-refractivity contribution in [1.82, 2.24) is 9.78 Å². The summed E-state index contributed by atoms with van der Waals surface area (Å²) < 4.78 is 80.0. The number of nitrogens with zero attached hydrogens (tertiary/aromatic N) is 2. The highest BCUT2D eigenvalue weighted by atomic mass is 35.5. The van der Waals surface area contributed by atoms with Crippen LogP contribution in [-0.2, 0) is 0 Å². The van der Waals surface area contributed by atoms with E-state index in [0.29, 0.717) is 27.8 Å². The number of benzene rings is 2. The fourth-order valence-electron chi connectivity index (χ4n) is 3.80. The molecule has 1 aliphatic rings. The van der Waals surface area contributed by atoms with Gasteiger partial charge in [-0.3, -0.25) is 4.79 Å². The van der Waals surface area contributed by atoms with Crippen molar-refractivity contribution in [2.45, 2.75) is 24.7 Å². The van der Waals surface area contributed by atoms with Crippen LogP contribution < -0.4 is 20.1 Å². The highest BCUT2D eigenvalue weighted by molar-refractivity contribution is 6.36. The lowest BCUT2D eigenvalue weighted by Crippen LogP contribution is -2.35. The topological polar surface area (TPSA) is 77.4 Å². The Morgan fingerprint density at radius 3 is 2.49 bits per heavy atom. The smallest absolute Gasteiger partial charge is 0.410 e. The second kappa shape index (κ2) is 9.25. The Labute approximate surface area is 200 Å². The molecule has 2 atom stereocenters. The second-order valence-electron chi connectivity index (χ2n) is 7.64. The number of rotatable bonds is 5. The Morgan fingerprint density at radius 1 is 1.14 bits per heavy atom. The molecule has 1 amide bonds. The summed E-state index contributed by atoms with van der Waals surface area (Å²) in [6.07, 6.45) is -5.19. The molecule has 0 saturated heterocycles. The van der Waals surface area contributed by atoms with Crippen LogP contribution in [-0.4, -0.2) is 36.1 Å². The maximum absolute atomic E-state index is 14.0. The number of aromatic nitrogens is 2. The van der Waals surface area contributed by atoms with Crippen LogP contribution in [0.3, 0.4) is 0 Å². The average molecular weight is 517 g/mol. The molecule has 1 aliphatic heterocycles. The van der Waals surface area contributed by atoms with Gasteiger partial charge in [-0.15, -0.1) is 0 Å². The van der Waals surface area contributed by atoms with E-state index in [9.17, 15) is 26.7 Å². The summed E-state index contributed by atoms with van der Waals surface area (Å²) in [5.74, 6) is -2.51. The van der Waals surface area contributed by atoms with E-state index in [-0.39, 0.29) is 16.5 Å². The predicted molar refractivity (Wildman–Crippen MR) is 117 cm³/mol. The molecule has 0 unspecified atom stereocenters. The van der Waals surface area contributed by atoms with Crippen LogP contribution in [0.2, 0.25) is 5.02 Å². The molecule has 0 radical (unpaired) electrons. The number of fused-ring (bicyclic) bond motifs is 1. The van der Waals surface area contributed by atoms with E-state index in [1.165, 1.54) is 20.3 Å². The molecule has 0 fully saturated rings. The Morgan fingerprint density at radius 2 is 1.86 bits per heavy atom. The fourth-order valence-corrected chi connectivity index (χ4v) is 4.06. The highest BCUT2D eigenvalue weighted by Gasteiger charge is 2.48. The molecule has 7 nitrogen and oxygen atoms in total. The van der Waals surface area contributed by atoms with Crippen LogP contribution >= 0.6 is 11.6 Å². The van der Waals surface area contributed by atoms with Crippen molar-refractivity contribution in [3.8, 4) is 11.5 Å². The van der Waals surface area contributed by atoms with Crippen molar-refractivity contribution in [1.29, 1.82) is 0 Å². The number of anilines is 2. The van der Waals surface area contributed by atoms with E-state index >= 15 is 0 Å². The summed E-state index contributed by atoms with van der Waals surface area (Å²) in [7, 11) is 2.83. The van der Waals surface area contributed by atoms with E-state index < -0.39 is 47.9 Å². The zero-order valence-corrected chi connectivity index (χ0v) is 19.0. The fraction of sp³-hybridized carbons (Fsp3) is 0.273. The molecule has 2 N–H and O–H groups in total. The first kappa shape index (κ1) is 24.6. The zero-order chi connectivity index (χ0) is 25.5. The van der Waals surface area contributed by atoms with Crippen LogP contribution in [0, 0.1) is 11.6 Å². The van der Waals surface area contributed by atoms with Gasteiger partial charge in [-0.05, 0) is 29.8 Å². The number of ether oxygens (including phenoxy) is 2. The van der Waals surface area contributed by atoms with Crippen molar-refractivity contribution in [3.05, 3.63) is 64.3 Å². The third-order valence-electron chi connectivity index (χ3n) is 5.50. The monoisotopic (exact) mass is 516 g/mol. The van der Waals surface area contributed by atoms with E-state index in [4.69, 9.17) is 21.1 Å². The number of hydrogen-bond donors (Lipinski definition) is 2. The minimum atomic E-state index is -4.72. The lowest BCUT2D eigenvalue weighted by Gasteiger charge is -2.33. The molecular formula is C22H18ClF5N4O3. The number of methoxy groups -OCH3 is 2. The quantitative estimate of drug-likeness (QED) is 0.423. The Hall–Kier alpha value is -3.54. The first-order valence-electron chi connectivity index (χ1n) is 10.1. The third-order valence-corrected chi connectivity index (χ3v) is 5.86. The van der Waals surface area contributed by atoms with Crippen LogP contribution in [0.5, 0.6) is 11.5 Å². The number of nitrogens with one attached hydrogen (secondary N) is 2. The predicted octanol–water partition coefficient (Wildman–Crippen LogP) is 5.74. The number of amides is 1. The Balaban J connectivity index is 1.71.